The van der Waals surface area contributed by atoms with Crippen LogP contribution in [-0.2, 0) is 0 Å². The Kier molecular flexibility index (Phi) is 3.41. The largest absolute Gasteiger partial charge is 0.507 e. The minimum Gasteiger partial charge on any atom is -0.507 e. The number of phenolic OH excluding ortho intramolecular Hbond substituents is 1. The van der Waals surface area contributed by atoms with Gasteiger partial charge in [-0.15, -0.1) is 0 Å². The third kappa shape index (κ3) is 2.63. The molecule has 1 N–H and O–H groups in total. The van der Waals surface area contributed by atoms with Crippen LogP contribution in [0.5, 0.6) is 5.75 Å². The second-order valence-electron chi connectivity index (χ2n) is 5.51. The molecular weight excluding hydrogens is 200 g/mol. The van der Waals surface area contributed by atoms with Gasteiger partial charge in [-0.3, -0.25) is 4.79 Å². The van der Waals surface area contributed by atoms with Crippen LogP contribution in [0.2, 0.25) is 0 Å². The Morgan fingerprint density at radius 1 is 1.25 bits per heavy atom. The fourth-order valence-electron chi connectivity index (χ4n) is 1.50. The number of carbonyl (C=O) groups is 1. The Balaban J connectivity index is 3.23. The second-order valence-corrected chi connectivity index (χ2v) is 5.51. The number of ketones is 1. The van der Waals surface area contributed by atoms with E-state index < -0.39 is 5.41 Å². The molecule has 0 aromatic heterocycles. The van der Waals surface area contributed by atoms with Gasteiger partial charge in [0.1, 0.15) is 5.75 Å². The van der Waals surface area contributed by atoms with Crippen molar-refractivity contribution < 1.29 is 9.90 Å². The second kappa shape index (κ2) is 4.28. The maximum atomic E-state index is 12.1. The SMILES string of the molecule is CC(C)c1ccc(O)c(C(=O)C(C)(C)C)c1. The fraction of sp³-hybridized carbons (Fsp3) is 0.500. The van der Waals surface area contributed by atoms with Crippen molar-refractivity contribution in [1.82, 2.24) is 0 Å². The molecule has 0 saturated heterocycles. The number of phenols is 1. The van der Waals surface area contributed by atoms with Gasteiger partial charge in [-0.25, -0.2) is 0 Å². The van der Waals surface area contributed by atoms with Crippen molar-refractivity contribution in [2.24, 2.45) is 5.41 Å². The summed E-state index contributed by atoms with van der Waals surface area (Å²) < 4.78 is 0. The van der Waals surface area contributed by atoms with Gasteiger partial charge in [-0.2, -0.15) is 0 Å². The van der Waals surface area contributed by atoms with Crippen LogP contribution in [0.4, 0.5) is 0 Å². The summed E-state index contributed by atoms with van der Waals surface area (Å²) in [6.07, 6.45) is 0. The summed E-state index contributed by atoms with van der Waals surface area (Å²) in [5.74, 6) is 0.406. The Morgan fingerprint density at radius 3 is 2.25 bits per heavy atom. The van der Waals surface area contributed by atoms with E-state index in [1.54, 1.807) is 12.1 Å². The molecule has 0 radical (unpaired) electrons. The summed E-state index contributed by atoms with van der Waals surface area (Å²) >= 11 is 0. The quantitative estimate of drug-likeness (QED) is 0.771. The van der Waals surface area contributed by atoms with Gasteiger partial charge in [0.2, 0.25) is 0 Å². The predicted molar refractivity (Wildman–Crippen MR) is 66.0 cm³/mol. The van der Waals surface area contributed by atoms with E-state index in [4.69, 9.17) is 0 Å². The van der Waals surface area contributed by atoms with Gasteiger partial charge in [-0.05, 0) is 23.6 Å². The smallest absolute Gasteiger partial charge is 0.171 e. The maximum absolute atomic E-state index is 12.1. The third-order valence-corrected chi connectivity index (χ3v) is 2.61. The first kappa shape index (κ1) is 12.8. The molecule has 0 aliphatic rings. The molecule has 0 fully saturated rings. The monoisotopic (exact) mass is 220 g/mol. The number of benzene rings is 1. The first-order valence-electron chi connectivity index (χ1n) is 5.61. The molecule has 0 heterocycles. The molecule has 0 spiro atoms. The molecule has 0 bridgehead atoms. The molecule has 0 unspecified atom stereocenters. The fourth-order valence-corrected chi connectivity index (χ4v) is 1.50. The zero-order chi connectivity index (χ0) is 12.5. The summed E-state index contributed by atoms with van der Waals surface area (Å²) in [6, 6.07) is 5.27. The van der Waals surface area contributed by atoms with Crippen molar-refractivity contribution in [2.75, 3.05) is 0 Å². The highest BCUT2D eigenvalue weighted by Crippen LogP contribution is 2.29. The third-order valence-electron chi connectivity index (χ3n) is 2.61. The molecule has 0 amide bonds. The molecule has 1 aromatic rings. The number of hydrogen-bond acceptors (Lipinski definition) is 2. The van der Waals surface area contributed by atoms with Crippen LogP contribution in [0, 0.1) is 5.41 Å². The zero-order valence-electron chi connectivity index (χ0n) is 10.7. The summed E-state index contributed by atoms with van der Waals surface area (Å²) in [5, 5.41) is 9.73. The predicted octanol–water partition coefficient (Wildman–Crippen LogP) is 3.74. The van der Waals surface area contributed by atoms with Gasteiger partial charge < -0.3 is 5.11 Å². The summed E-state index contributed by atoms with van der Waals surface area (Å²) in [7, 11) is 0. The molecule has 2 nitrogen and oxygen atoms in total. The van der Waals surface area contributed by atoms with Crippen molar-refractivity contribution in [1.29, 1.82) is 0 Å². The first-order chi connectivity index (χ1) is 7.23. The lowest BCUT2D eigenvalue weighted by atomic mass is 9.85. The molecule has 0 aliphatic carbocycles. The number of hydrogen-bond donors (Lipinski definition) is 1. The van der Waals surface area contributed by atoms with E-state index in [1.165, 1.54) is 0 Å². The highest BCUT2D eigenvalue weighted by molar-refractivity contribution is 6.02. The molecular formula is C14H20O2. The number of aromatic hydroxyl groups is 1. The molecule has 16 heavy (non-hydrogen) atoms. The standard InChI is InChI=1S/C14H20O2/c1-9(2)10-6-7-12(15)11(8-10)13(16)14(3,4)5/h6-9,15H,1-5H3. The van der Waals surface area contributed by atoms with Crippen LogP contribution in [0.1, 0.15) is 56.5 Å². The topological polar surface area (TPSA) is 37.3 Å². The van der Waals surface area contributed by atoms with Crippen molar-refractivity contribution in [3.8, 4) is 5.75 Å². The van der Waals surface area contributed by atoms with Gasteiger partial charge in [0.05, 0.1) is 5.56 Å². The van der Waals surface area contributed by atoms with Crippen molar-refractivity contribution in [2.45, 2.75) is 40.5 Å². The number of carbonyl (C=O) groups excluding carboxylic acids is 1. The molecule has 0 saturated carbocycles. The van der Waals surface area contributed by atoms with E-state index in [0.29, 0.717) is 11.5 Å². The lowest BCUT2D eigenvalue weighted by Crippen LogP contribution is -2.20. The van der Waals surface area contributed by atoms with E-state index in [9.17, 15) is 9.90 Å². The molecule has 0 atom stereocenters. The molecule has 1 aromatic carbocycles. The average Bonchev–Trinajstić information content (AvgIpc) is 2.15. The van der Waals surface area contributed by atoms with Crippen molar-refractivity contribution in [3.63, 3.8) is 0 Å². The Morgan fingerprint density at radius 2 is 1.81 bits per heavy atom. The normalized spacial score (nSPS) is 11.9. The van der Waals surface area contributed by atoms with Gasteiger partial charge in [0.25, 0.3) is 0 Å². The Bertz CT molecular complexity index is 398. The highest BCUT2D eigenvalue weighted by atomic mass is 16.3. The minimum atomic E-state index is -0.465. The molecule has 1 rings (SSSR count). The van der Waals surface area contributed by atoms with Crippen LogP contribution in [0.15, 0.2) is 18.2 Å². The summed E-state index contributed by atoms with van der Waals surface area (Å²) in [5.41, 5.74) is 1.04. The lowest BCUT2D eigenvalue weighted by Gasteiger charge is -2.18. The lowest BCUT2D eigenvalue weighted by molar-refractivity contribution is 0.0855. The van der Waals surface area contributed by atoms with E-state index >= 15 is 0 Å². The van der Waals surface area contributed by atoms with Crippen LogP contribution in [-0.4, -0.2) is 10.9 Å². The minimum absolute atomic E-state index is 0.0208. The van der Waals surface area contributed by atoms with Gasteiger partial charge in [0.15, 0.2) is 5.78 Å². The maximum Gasteiger partial charge on any atom is 0.171 e. The van der Waals surface area contributed by atoms with Gasteiger partial charge >= 0.3 is 0 Å². The summed E-state index contributed by atoms with van der Waals surface area (Å²) in [6.45, 7) is 9.71. The average molecular weight is 220 g/mol. The van der Waals surface area contributed by atoms with Crippen LogP contribution < -0.4 is 0 Å². The van der Waals surface area contributed by atoms with Gasteiger partial charge in [0, 0.05) is 5.41 Å². The van der Waals surface area contributed by atoms with E-state index in [0.717, 1.165) is 5.56 Å². The van der Waals surface area contributed by atoms with Crippen LogP contribution in [0.3, 0.4) is 0 Å². The van der Waals surface area contributed by atoms with Crippen molar-refractivity contribution in [3.05, 3.63) is 29.3 Å². The van der Waals surface area contributed by atoms with E-state index in [-0.39, 0.29) is 11.5 Å². The number of Topliss-reactive ketones (excluding diaryl/α,β-unsaturated/α-hetero) is 1. The molecule has 2 heteroatoms. The molecule has 0 aliphatic heterocycles. The number of rotatable bonds is 2. The summed E-state index contributed by atoms with van der Waals surface area (Å²) in [4.78, 5) is 12.1. The van der Waals surface area contributed by atoms with Crippen LogP contribution in [0.25, 0.3) is 0 Å². The van der Waals surface area contributed by atoms with Gasteiger partial charge in [-0.1, -0.05) is 40.7 Å². The molecule has 88 valence electrons. The Labute approximate surface area is 97.3 Å². The van der Waals surface area contributed by atoms with Crippen molar-refractivity contribution >= 4 is 5.78 Å². The Hall–Kier alpha value is -1.31. The first-order valence-corrected chi connectivity index (χ1v) is 5.61. The van der Waals surface area contributed by atoms with Crippen LogP contribution >= 0.6 is 0 Å². The zero-order valence-corrected chi connectivity index (χ0v) is 10.7. The van der Waals surface area contributed by atoms with E-state index in [1.807, 2.05) is 26.8 Å². The van der Waals surface area contributed by atoms with E-state index in [2.05, 4.69) is 13.8 Å². The highest BCUT2D eigenvalue weighted by Gasteiger charge is 2.25.